The first kappa shape index (κ1) is 41.2. The summed E-state index contributed by atoms with van der Waals surface area (Å²) in [7, 11) is 0. The lowest BCUT2D eigenvalue weighted by molar-refractivity contribution is -0.993. The topological polar surface area (TPSA) is 38.5 Å². The Bertz CT molecular complexity index is 511. The van der Waals surface area contributed by atoms with Crippen molar-refractivity contribution in [2.24, 2.45) is 0 Å². The molecular weight excluding hydrogens is 542 g/mol. The molecule has 2 fully saturated rings. The molecule has 2 aliphatic rings. The van der Waals surface area contributed by atoms with Crippen molar-refractivity contribution in [3.63, 3.8) is 0 Å². The van der Waals surface area contributed by atoms with E-state index in [-0.39, 0.29) is 12.2 Å². The van der Waals surface area contributed by atoms with Crippen LogP contribution in [0.4, 0.5) is 0 Å². The molecule has 0 aromatic rings. The molecule has 2 rings (SSSR count). The molecule has 0 atom stereocenters. The molecule has 2 aliphatic carbocycles. The summed E-state index contributed by atoms with van der Waals surface area (Å²) in [6.45, 7) is 4.58. The van der Waals surface area contributed by atoms with Crippen LogP contribution in [0.1, 0.15) is 245 Å². The Morgan fingerprint density at radius 3 is 0.795 bits per heavy atom. The highest BCUT2D eigenvalue weighted by Gasteiger charge is 2.27. The summed E-state index contributed by atoms with van der Waals surface area (Å²) in [5.41, 5.74) is 0. The molecule has 0 unspecified atom stereocenters. The van der Waals surface area contributed by atoms with Crippen LogP contribution in [0.25, 0.3) is 0 Å². The van der Waals surface area contributed by atoms with E-state index in [1.807, 2.05) is 0 Å². The van der Waals surface area contributed by atoms with E-state index >= 15 is 0 Å². The highest BCUT2D eigenvalue weighted by Crippen LogP contribution is 2.22. The highest BCUT2D eigenvalue weighted by molar-refractivity contribution is 4.61. The van der Waals surface area contributed by atoms with Gasteiger partial charge in [-0.1, -0.05) is 194 Å². The van der Waals surface area contributed by atoms with Crippen molar-refractivity contribution in [2.45, 2.75) is 257 Å². The monoisotopic (exact) mass is 623 g/mol. The first-order valence-corrected chi connectivity index (χ1v) is 20.6. The Labute approximate surface area is 276 Å². The SMILES string of the molecule is CCCCCCCCCCCCCCCC.O=[N+](OC1CCCCCCCCCCC1)OC1CCCCCCCCCCC1. The second kappa shape index (κ2) is 33.6. The van der Waals surface area contributed by atoms with Crippen LogP contribution in [0.3, 0.4) is 0 Å². The Kier molecular flexibility index (Phi) is 31.4. The third-order valence-corrected chi connectivity index (χ3v) is 10.0. The van der Waals surface area contributed by atoms with Gasteiger partial charge in [0, 0.05) is 0 Å². The lowest BCUT2D eigenvalue weighted by Crippen LogP contribution is -2.26. The third kappa shape index (κ3) is 28.7. The van der Waals surface area contributed by atoms with Gasteiger partial charge in [0.05, 0.1) is 0 Å². The average Bonchev–Trinajstić information content (AvgIpc) is 3.01. The smallest absolute Gasteiger partial charge is 0.183 e. The zero-order chi connectivity index (χ0) is 31.6. The second-order valence-electron chi connectivity index (χ2n) is 14.4. The van der Waals surface area contributed by atoms with Crippen molar-refractivity contribution >= 4 is 0 Å². The summed E-state index contributed by atoms with van der Waals surface area (Å²) in [5, 5.41) is 0.493. The minimum absolute atomic E-state index is 0.0307. The molecule has 0 aliphatic heterocycles. The molecule has 0 bridgehead atoms. The van der Waals surface area contributed by atoms with E-state index in [1.54, 1.807) is 0 Å². The average molecular weight is 623 g/mol. The summed E-state index contributed by atoms with van der Waals surface area (Å²) < 4.78 is 0. The van der Waals surface area contributed by atoms with Gasteiger partial charge in [0.25, 0.3) is 0 Å². The van der Waals surface area contributed by atoms with Crippen LogP contribution in [0.5, 0.6) is 0 Å². The maximum absolute atomic E-state index is 12.4. The fraction of sp³-hybridized carbons (Fsp3) is 1.00. The molecule has 262 valence electrons. The Morgan fingerprint density at radius 2 is 0.568 bits per heavy atom. The van der Waals surface area contributed by atoms with Gasteiger partial charge in [-0.3, -0.25) is 0 Å². The van der Waals surface area contributed by atoms with Crippen LogP contribution in [-0.4, -0.2) is 17.3 Å². The fourth-order valence-corrected chi connectivity index (χ4v) is 7.00. The van der Waals surface area contributed by atoms with Crippen LogP contribution in [0, 0.1) is 4.91 Å². The van der Waals surface area contributed by atoms with Gasteiger partial charge in [-0.25, -0.2) is 0 Å². The molecule has 0 saturated heterocycles. The summed E-state index contributed by atoms with van der Waals surface area (Å²) in [5.74, 6) is 0. The molecule has 44 heavy (non-hydrogen) atoms. The maximum Gasteiger partial charge on any atom is 0.478 e. The first-order valence-electron chi connectivity index (χ1n) is 20.6. The number of rotatable bonds is 17. The summed E-state index contributed by atoms with van der Waals surface area (Å²) in [6, 6.07) is 0. The van der Waals surface area contributed by atoms with Crippen molar-refractivity contribution < 1.29 is 14.8 Å². The second-order valence-corrected chi connectivity index (χ2v) is 14.4. The summed E-state index contributed by atoms with van der Waals surface area (Å²) in [6.07, 6.45) is 47.7. The first-order chi connectivity index (χ1) is 21.8. The molecule has 0 aromatic carbocycles. The van der Waals surface area contributed by atoms with Gasteiger partial charge in [0.15, 0.2) is 12.2 Å². The van der Waals surface area contributed by atoms with Crippen LogP contribution >= 0.6 is 0 Å². The van der Waals surface area contributed by atoms with Crippen LogP contribution in [0.2, 0.25) is 0 Å². The molecule has 4 heteroatoms. The van der Waals surface area contributed by atoms with Gasteiger partial charge in [-0.15, -0.1) is 0 Å². The van der Waals surface area contributed by atoms with Crippen LogP contribution in [-0.2, 0) is 9.68 Å². The largest absolute Gasteiger partial charge is 0.478 e. The van der Waals surface area contributed by atoms with Crippen LogP contribution in [0.15, 0.2) is 0 Å². The number of nitrogens with zero attached hydrogens (tertiary/aromatic N) is 1. The fourth-order valence-electron chi connectivity index (χ4n) is 7.00. The predicted molar refractivity (Wildman–Crippen MR) is 191 cm³/mol. The molecular formula is C40H80NO3+. The molecule has 2 saturated carbocycles. The molecule has 0 amide bonds. The zero-order valence-electron chi connectivity index (χ0n) is 30.3. The standard InChI is InChI=1S/C24H46NO3.C16H34/c26-25(27-23-19-15-11-7-3-1-4-8-12-16-20-23)28-24-21-17-13-9-5-2-6-10-14-18-22-24;1-3-5-7-9-11-13-15-16-14-12-10-8-6-4-2/h23-24H,1-22H2;3-16H2,1-2H3/q+1;. The van der Waals surface area contributed by atoms with Gasteiger partial charge in [0.2, 0.25) is 0 Å². The summed E-state index contributed by atoms with van der Waals surface area (Å²) >= 11 is 0. The van der Waals surface area contributed by atoms with E-state index in [1.165, 1.54) is 205 Å². The normalized spacial score (nSPS) is 19.2. The van der Waals surface area contributed by atoms with Crippen molar-refractivity contribution in [3.05, 3.63) is 4.91 Å². The van der Waals surface area contributed by atoms with Gasteiger partial charge in [-0.2, -0.15) is 9.68 Å². The molecule has 0 heterocycles. The highest BCUT2D eigenvalue weighted by atomic mass is 17.0. The minimum atomic E-state index is 0.0307. The quantitative estimate of drug-likeness (QED) is 0.120. The van der Waals surface area contributed by atoms with Gasteiger partial charge in [0.1, 0.15) is 4.91 Å². The van der Waals surface area contributed by atoms with E-state index in [4.69, 9.17) is 9.68 Å². The van der Waals surface area contributed by atoms with Gasteiger partial charge < -0.3 is 0 Å². The Balaban J connectivity index is 0.000000517. The van der Waals surface area contributed by atoms with Crippen molar-refractivity contribution in [3.8, 4) is 0 Å². The van der Waals surface area contributed by atoms with Crippen molar-refractivity contribution in [1.82, 2.24) is 0 Å². The zero-order valence-corrected chi connectivity index (χ0v) is 30.3. The minimum Gasteiger partial charge on any atom is -0.183 e. The van der Waals surface area contributed by atoms with Crippen molar-refractivity contribution in [2.75, 3.05) is 0 Å². The van der Waals surface area contributed by atoms with Gasteiger partial charge >= 0.3 is 5.09 Å². The Hall–Kier alpha value is -0.800. The molecule has 0 N–H and O–H groups in total. The number of hydrogen-bond donors (Lipinski definition) is 0. The van der Waals surface area contributed by atoms with Crippen molar-refractivity contribution in [1.29, 1.82) is 0 Å². The van der Waals surface area contributed by atoms with E-state index in [2.05, 4.69) is 13.8 Å². The van der Waals surface area contributed by atoms with E-state index in [9.17, 15) is 4.91 Å². The molecule has 0 radical (unpaired) electrons. The van der Waals surface area contributed by atoms with E-state index in [0.717, 1.165) is 25.7 Å². The van der Waals surface area contributed by atoms with E-state index < -0.39 is 0 Å². The number of hydrogen-bond acceptors (Lipinski definition) is 3. The lowest BCUT2D eigenvalue weighted by Gasteiger charge is -2.15. The molecule has 0 aromatic heterocycles. The van der Waals surface area contributed by atoms with Gasteiger partial charge in [-0.05, 0) is 51.4 Å². The Morgan fingerprint density at radius 1 is 0.364 bits per heavy atom. The lowest BCUT2D eigenvalue weighted by atomic mass is 9.99. The predicted octanol–water partition coefficient (Wildman–Crippen LogP) is 14.5. The van der Waals surface area contributed by atoms with Crippen LogP contribution < -0.4 is 0 Å². The maximum atomic E-state index is 12.4. The van der Waals surface area contributed by atoms with E-state index in [0.29, 0.717) is 5.09 Å². The summed E-state index contributed by atoms with van der Waals surface area (Å²) in [4.78, 5) is 23.9. The molecule has 4 nitrogen and oxygen atoms in total. The third-order valence-electron chi connectivity index (χ3n) is 10.0. The molecule has 0 spiro atoms. The number of unbranched alkanes of at least 4 members (excludes halogenated alkanes) is 13.